The van der Waals surface area contributed by atoms with Gasteiger partial charge in [-0.15, -0.1) is 0 Å². The van der Waals surface area contributed by atoms with Crippen LogP contribution in [0.1, 0.15) is 21.7 Å². The van der Waals surface area contributed by atoms with Crippen molar-refractivity contribution in [3.8, 4) is 0 Å². The van der Waals surface area contributed by atoms with E-state index in [-0.39, 0.29) is 12.5 Å². The van der Waals surface area contributed by atoms with Gasteiger partial charge >= 0.3 is 5.97 Å². The number of ether oxygens (including phenoxy) is 1. The van der Waals surface area contributed by atoms with Crippen molar-refractivity contribution in [2.45, 2.75) is 13.8 Å². The summed E-state index contributed by atoms with van der Waals surface area (Å²) in [6, 6.07) is 1.73. The molecule has 0 bridgehead atoms. The number of nitrogens with zero attached hydrogens (tertiary/aromatic N) is 3. The number of aromatic nitrogens is 3. The molecule has 0 aliphatic heterocycles. The first-order chi connectivity index (χ1) is 10.4. The van der Waals surface area contributed by atoms with Crippen LogP contribution in [0.4, 0.5) is 0 Å². The minimum absolute atomic E-state index is 0.232. The molecule has 7 nitrogen and oxygen atoms in total. The van der Waals surface area contributed by atoms with Gasteiger partial charge in [-0.05, 0) is 19.9 Å². The van der Waals surface area contributed by atoms with E-state index in [1.54, 1.807) is 17.8 Å². The molecule has 2 rings (SSSR count). The standard InChI is InChI=1S/C15H18N4O3/c1-9-8-11(13-10(2)18-19(3)14(13)17-9)15(21)16-7-5-6-12(20)22-4/h5-6,8H,7H2,1-4H3,(H,16,21)/b6-5+. The Morgan fingerprint density at radius 2 is 2.14 bits per heavy atom. The van der Waals surface area contributed by atoms with Crippen molar-refractivity contribution in [1.29, 1.82) is 0 Å². The van der Waals surface area contributed by atoms with Crippen LogP contribution in [0.3, 0.4) is 0 Å². The number of pyridine rings is 1. The molecule has 0 atom stereocenters. The predicted octanol–water partition coefficient (Wildman–Crippen LogP) is 1.04. The van der Waals surface area contributed by atoms with Gasteiger partial charge in [-0.1, -0.05) is 6.08 Å². The van der Waals surface area contributed by atoms with E-state index in [2.05, 4.69) is 20.1 Å². The highest BCUT2D eigenvalue weighted by Gasteiger charge is 2.17. The Kier molecular flexibility index (Phi) is 4.55. The summed E-state index contributed by atoms with van der Waals surface area (Å²) >= 11 is 0. The van der Waals surface area contributed by atoms with E-state index in [0.717, 1.165) is 16.8 Å². The van der Waals surface area contributed by atoms with Gasteiger partial charge in [0.05, 0.1) is 23.8 Å². The summed E-state index contributed by atoms with van der Waals surface area (Å²) in [5.74, 6) is -0.694. The van der Waals surface area contributed by atoms with Crippen LogP contribution in [-0.2, 0) is 16.6 Å². The Morgan fingerprint density at radius 3 is 2.82 bits per heavy atom. The number of esters is 1. The van der Waals surface area contributed by atoms with Crippen LogP contribution >= 0.6 is 0 Å². The zero-order valence-electron chi connectivity index (χ0n) is 13.0. The summed E-state index contributed by atoms with van der Waals surface area (Å²) in [4.78, 5) is 27.7. The van der Waals surface area contributed by atoms with E-state index in [1.807, 2.05) is 13.8 Å². The molecule has 0 aromatic carbocycles. The molecule has 0 saturated carbocycles. The SMILES string of the molecule is COC(=O)/C=C/CNC(=O)c1cc(C)nc2c1c(C)nn2C. The van der Waals surface area contributed by atoms with Crippen molar-refractivity contribution in [3.05, 3.63) is 35.2 Å². The summed E-state index contributed by atoms with van der Waals surface area (Å²) < 4.78 is 6.13. The third kappa shape index (κ3) is 3.13. The topological polar surface area (TPSA) is 86.1 Å². The summed E-state index contributed by atoms with van der Waals surface area (Å²) in [5, 5.41) is 7.78. The van der Waals surface area contributed by atoms with Gasteiger partial charge in [-0.25, -0.2) is 9.78 Å². The molecule has 22 heavy (non-hydrogen) atoms. The molecule has 1 amide bonds. The van der Waals surface area contributed by atoms with Gasteiger partial charge in [0.25, 0.3) is 5.91 Å². The summed E-state index contributed by atoms with van der Waals surface area (Å²) in [5.41, 5.74) is 2.69. The molecule has 7 heteroatoms. The van der Waals surface area contributed by atoms with E-state index in [4.69, 9.17) is 0 Å². The average Bonchev–Trinajstić information content (AvgIpc) is 2.77. The second-order valence-corrected chi connectivity index (χ2v) is 4.85. The number of hydrogen-bond acceptors (Lipinski definition) is 5. The zero-order valence-corrected chi connectivity index (χ0v) is 13.0. The molecular formula is C15H18N4O3. The fraction of sp³-hybridized carbons (Fsp3) is 0.333. The Hall–Kier alpha value is -2.70. The van der Waals surface area contributed by atoms with Crippen LogP contribution in [-0.4, -0.2) is 40.3 Å². The summed E-state index contributed by atoms with van der Waals surface area (Å²) in [7, 11) is 3.09. The summed E-state index contributed by atoms with van der Waals surface area (Å²) in [6.07, 6.45) is 2.80. The molecule has 0 aliphatic rings. The largest absolute Gasteiger partial charge is 0.466 e. The van der Waals surface area contributed by atoms with E-state index in [0.29, 0.717) is 11.2 Å². The van der Waals surface area contributed by atoms with Gasteiger partial charge in [0, 0.05) is 25.4 Å². The minimum Gasteiger partial charge on any atom is -0.466 e. The van der Waals surface area contributed by atoms with Crippen LogP contribution < -0.4 is 5.32 Å². The highest BCUT2D eigenvalue weighted by molar-refractivity contribution is 6.06. The quantitative estimate of drug-likeness (QED) is 0.674. The van der Waals surface area contributed by atoms with E-state index in [1.165, 1.54) is 19.3 Å². The number of aryl methyl sites for hydroxylation is 3. The number of fused-ring (bicyclic) bond motifs is 1. The fourth-order valence-electron chi connectivity index (χ4n) is 2.22. The van der Waals surface area contributed by atoms with Gasteiger partial charge < -0.3 is 10.1 Å². The molecule has 2 heterocycles. The number of hydrogen-bond donors (Lipinski definition) is 1. The minimum atomic E-state index is -0.459. The number of nitrogens with one attached hydrogen (secondary N) is 1. The maximum atomic E-state index is 12.4. The first-order valence-corrected chi connectivity index (χ1v) is 6.77. The smallest absolute Gasteiger partial charge is 0.330 e. The molecule has 0 radical (unpaired) electrons. The predicted molar refractivity (Wildman–Crippen MR) is 81.5 cm³/mol. The van der Waals surface area contributed by atoms with Crippen LogP contribution in [0.15, 0.2) is 18.2 Å². The van der Waals surface area contributed by atoms with Crippen molar-refractivity contribution in [3.63, 3.8) is 0 Å². The van der Waals surface area contributed by atoms with Crippen LogP contribution in [0.5, 0.6) is 0 Å². The second kappa shape index (κ2) is 6.38. The number of carbonyl (C=O) groups is 2. The third-order valence-electron chi connectivity index (χ3n) is 3.18. The fourth-order valence-corrected chi connectivity index (χ4v) is 2.22. The van der Waals surface area contributed by atoms with Gasteiger partial charge in [-0.2, -0.15) is 5.10 Å². The number of rotatable bonds is 4. The average molecular weight is 302 g/mol. The molecule has 0 aliphatic carbocycles. The molecule has 0 unspecified atom stereocenters. The highest BCUT2D eigenvalue weighted by atomic mass is 16.5. The van der Waals surface area contributed by atoms with Crippen molar-refractivity contribution in [2.75, 3.05) is 13.7 Å². The van der Waals surface area contributed by atoms with Gasteiger partial charge in [0.1, 0.15) is 0 Å². The Morgan fingerprint density at radius 1 is 1.41 bits per heavy atom. The number of methoxy groups -OCH3 is 1. The van der Waals surface area contributed by atoms with Gasteiger partial charge in [0.2, 0.25) is 0 Å². The Bertz CT molecular complexity index is 762. The second-order valence-electron chi connectivity index (χ2n) is 4.85. The molecule has 2 aromatic heterocycles. The molecule has 116 valence electrons. The highest BCUT2D eigenvalue weighted by Crippen LogP contribution is 2.21. The molecule has 1 N–H and O–H groups in total. The van der Waals surface area contributed by atoms with E-state index >= 15 is 0 Å². The van der Waals surface area contributed by atoms with Gasteiger partial charge in [0.15, 0.2) is 5.65 Å². The first-order valence-electron chi connectivity index (χ1n) is 6.77. The van der Waals surface area contributed by atoms with Crippen LogP contribution in [0.2, 0.25) is 0 Å². The van der Waals surface area contributed by atoms with Crippen molar-refractivity contribution in [1.82, 2.24) is 20.1 Å². The number of amides is 1. The van der Waals surface area contributed by atoms with Crippen molar-refractivity contribution in [2.24, 2.45) is 7.05 Å². The summed E-state index contributed by atoms with van der Waals surface area (Å²) in [6.45, 7) is 3.90. The number of carbonyl (C=O) groups excluding carboxylic acids is 2. The first kappa shape index (κ1) is 15.7. The Balaban J connectivity index is 2.25. The van der Waals surface area contributed by atoms with E-state index in [9.17, 15) is 9.59 Å². The molecule has 0 saturated heterocycles. The van der Waals surface area contributed by atoms with Crippen molar-refractivity contribution >= 4 is 22.9 Å². The Labute approximate surface area is 128 Å². The monoisotopic (exact) mass is 302 g/mol. The maximum Gasteiger partial charge on any atom is 0.330 e. The lowest BCUT2D eigenvalue weighted by molar-refractivity contribution is -0.134. The molecule has 2 aromatic rings. The lowest BCUT2D eigenvalue weighted by Gasteiger charge is -2.06. The molecule has 0 fully saturated rings. The third-order valence-corrected chi connectivity index (χ3v) is 3.18. The molecule has 0 spiro atoms. The van der Waals surface area contributed by atoms with Crippen molar-refractivity contribution < 1.29 is 14.3 Å². The maximum absolute atomic E-state index is 12.4. The lowest BCUT2D eigenvalue weighted by Crippen LogP contribution is -2.24. The van der Waals surface area contributed by atoms with Gasteiger partial charge in [-0.3, -0.25) is 9.48 Å². The molecular weight excluding hydrogens is 284 g/mol. The normalized spacial score (nSPS) is 11.1. The van der Waals surface area contributed by atoms with Crippen LogP contribution in [0.25, 0.3) is 11.0 Å². The van der Waals surface area contributed by atoms with Crippen LogP contribution in [0, 0.1) is 13.8 Å². The van der Waals surface area contributed by atoms with E-state index < -0.39 is 5.97 Å². The lowest BCUT2D eigenvalue weighted by atomic mass is 10.1. The zero-order chi connectivity index (χ0) is 16.3.